The fourth-order valence-electron chi connectivity index (χ4n) is 0.698. The second kappa shape index (κ2) is 3.06. The lowest BCUT2D eigenvalue weighted by molar-refractivity contribution is 1.22. The van der Waals surface area contributed by atoms with Crippen LogP contribution in [-0.4, -0.2) is 15.0 Å². The maximum Gasteiger partial charge on any atom is 0.155 e. The van der Waals surface area contributed by atoms with E-state index in [1.54, 1.807) is 0 Å². The molecule has 2 heterocycles. The molecule has 0 aliphatic heterocycles. The van der Waals surface area contributed by atoms with Crippen LogP contribution in [0.2, 0.25) is 0 Å². The Morgan fingerprint density at radius 1 is 1.42 bits per heavy atom. The number of pyridine rings is 1. The molecule has 0 aromatic carbocycles. The van der Waals surface area contributed by atoms with E-state index in [2.05, 4.69) is 30.9 Å². The number of nitrogens with one attached hydrogen (secondary N) is 1. The van der Waals surface area contributed by atoms with Crippen LogP contribution in [0.25, 0.3) is 11.5 Å². The molecule has 0 bridgehead atoms. The van der Waals surface area contributed by atoms with E-state index in [1.807, 2.05) is 0 Å². The molecule has 0 spiro atoms. The van der Waals surface area contributed by atoms with E-state index >= 15 is 0 Å². The van der Waals surface area contributed by atoms with Crippen LogP contribution in [0.15, 0.2) is 35.1 Å². The van der Waals surface area contributed by atoms with E-state index < -0.39 is 0 Å². The van der Waals surface area contributed by atoms with Gasteiger partial charge in [0.1, 0.15) is 5.69 Å². The van der Waals surface area contributed by atoms with Crippen LogP contribution in [0.1, 0.15) is 6.85 Å². The molecule has 0 atom stereocenters. The zero-order valence-electron chi connectivity index (χ0n) is 10.8. The van der Waals surface area contributed by atoms with Crippen molar-refractivity contribution in [1.29, 1.82) is 0 Å². The third-order valence-electron chi connectivity index (χ3n) is 1.19. The van der Waals surface area contributed by atoms with Gasteiger partial charge in [-0.2, -0.15) is 0 Å². The number of rotatable bonds is 1. The van der Waals surface area contributed by atoms with Crippen molar-refractivity contribution in [2.24, 2.45) is 0 Å². The molecule has 0 aliphatic rings. The maximum absolute atomic E-state index is 7.70. The van der Waals surface area contributed by atoms with Gasteiger partial charge in [0, 0.05) is 23.0 Å². The Balaban J connectivity index is 2.68. The maximum atomic E-state index is 7.70. The molecule has 0 radical (unpaired) electrons. The number of nitrogens with zero attached hydrogens (tertiary/aromatic N) is 2. The average Bonchev–Trinajstić information content (AvgIpc) is 2.61. The summed E-state index contributed by atoms with van der Waals surface area (Å²) in [7, 11) is 0. The summed E-state index contributed by atoms with van der Waals surface area (Å²) >= 11 is 2.99. The SMILES string of the molecule is [2H]c1nc(-c2nc([2H])c(Br)c([2H])c2[2H])[nH]c1[2H]. The highest BCUT2D eigenvalue weighted by atomic mass is 79.9. The predicted molar refractivity (Wildman–Crippen MR) is 49.5 cm³/mol. The topological polar surface area (TPSA) is 41.6 Å². The summed E-state index contributed by atoms with van der Waals surface area (Å²) in [6, 6.07) is -0.379. The fourth-order valence-corrected chi connectivity index (χ4v) is 0.886. The van der Waals surface area contributed by atoms with Gasteiger partial charge in [0.05, 0.1) is 6.85 Å². The van der Waals surface area contributed by atoms with Gasteiger partial charge in [-0.15, -0.1) is 0 Å². The van der Waals surface area contributed by atoms with Gasteiger partial charge in [0.25, 0.3) is 0 Å². The number of H-pyrrole nitrogens is 1. The summed E-state index contributed by atoms with van der Waals surface area (Å²) in [6.07, 6.45) is -0.639. The average molecular weight is 229 g/mol. The molecule has 0 aliphatic carbocycles. The lowest BCUT2D eigenvalue weighted by Crippen LogP contribution is -1.83. The first kappa shape index (κ1) is 3.70. The molecule has 0 saturated carbocycles. The van der Waals surface area contributed by atoms with Gasteiger partial charge < -0.3 is 4.98 Å². The molecular formula is C8H6BrN3. The zero-order valence-corrected chi connectivity index (χ0v) is 7.36. The lowest BCUT2D eigenvalue weighted by atomic mass is 10.3. The van der Waals surface area contributed by atoms with Crippen molar-refractivity contribution in [1.82, 2.24) is 15.0 Å². The first-order valence-electron chi connectivity index (χ1n) is 5.58. The summed E-state index contributed by atoms with van der Waals surface area (Å²) in [5.41, 5.74) is -0.00444. The Morgan fingerprint density at radius 3 is 3.08 bits per heavy atom. The summed E-state index contributed by atoms with van der Waals surface area (Å²) in [5, 5.41) is 0. The standard InChI is InChI=1S/C8H6BrN3/c9-6-1-2-7(12-5-6)8-10-3-4-11-8/h1-5H,(H,10,11)/i1D,2D,3D,4D,5D. The molecule has 3 nitrogen and oxygen atoms in total. The van der Waals surface area contributed by atoms with Gasteiger partial charge >= 0.3 is 0 Å². The molecule has 2 aromatic rings. The van der Waals surface area contributed by atoms with Gasteiger partial charge in [-0.1, -0.05) is 0 Å². The van der Waals surface area contributed by atoms with Gasteiger partial charge in [0.2, 0.25) is 0 Å². The number of hydrogen-bond donors (Lipinski definition) is 1. The Bertz CT molecular complexity index is 578. The summed E-state index contributed by atoms with van der Waals surface area (Å²) < 4.78 is 37.6. The molecule has 12 heavy (non-hydrogen) atoms. The van der Waals surface area contributed by atoms with Gasteiger partial charge in [0.15, 0.2) is 5.82 Å². The van der Waals surface area contributed by atoms with Gasteiger partial charge in [-0.25, -0.2) is 4.98 Å². The Kier molecular flexibility index (Phi) is 0.945. The van der Waals surface area contributed by atoms with E-state index in [0.717, 1.165) is 0 Å². The highest BCUT2D eigenvalue weighted by molar-refractivity contribution is 9.10. The molecule has 60 valence electrons. The molecule has 0 amide bonds. The molecular weight excluding hydrogens is 218 g/mol. The highest BCUT2D eigenvalue weighted by Gasteiger charge is 1.98. The molecule has 0 fully saturated rings. The summed E-state index contributed by atoms with van der Waals surface area (Å²) in [6.45, 7) is 0. The molecule has 1 N–H and O–H groups in total. The minimum atomic E-state index is -0.262. The minimum absolute atomic E-state index is 0.00444. The normalized spacial score (nSPS) is 15.9. The Hall–Kier alpha value is -1.16. The summed E-state index contributed by atoms with van der Waals surface area (Å²) in [5.74, 6) is 0.0551. The largest absolute Gasteiger partial charge is 0.343 e. The van der Waals surface area contributed by atoms with Gasteiger partial charge in [-0.05, 0) is 28.0 Å². The second-order valence-electron chi connectivity index (χ2n) is 1.96. The third kappa shape index (κ3) is 1.38. The van der Waals surface area contributed by atoms with Crippen molar-refractivity contribution >= 4 is 15.9 Å². The van der Waals surface area contributed by atoms with E-state index in [-0.39, 0.29) is 46.6 Å². The van der Waals surface area contributed by atoms with Crippen molar-refractivity contribution in [3.05, 3.63) is 35.1 Å². The molecule has 4 heteroatoms. The number of imidazole rings is 1. The Labute approximate surface area is 85.0 Å². The molecule has 0 unspecified atom stereocenters. The monoisotopic (exact) mass is 228 g/mol. The van der Waals surface area contributed by atoms with E-state index in [1.165, 1.54) is 0 Å². The molecule has 0 saturated heterocycles. The first-order valence-corrected chi connectivity index (χ1v) is 3.88. The van der Waals surface area contributed by atoms with Crippen molar-refractivity contribution in [3.63, 3.8) is 0 Å². The zero-order chi connectivity index (χ0) is 12.7. The summed E-state index contributed by atoms with van der Waals surface area (Å²) in [4.78, 5) is 10.0. The van der Waals surface area contributed by atoms with E-state index in [4.69, 9.17) is 6.85 Å². The van der Waals surface area contributed by atoms with Crippen molar-refractivity contribution < 1.29 is 6.85 Å². The molecule has 2 rings (SSSR count). The predicted octanol–water partition coefficient (Wildman–Crippen LogP) is 2.23. The van der Waals surface area contributed by atoms with Crippen molar-refractivity contribution in [2.45, 2.75) is 0 Å². The number of halogens is 1. The number of aromatic amines is 1. The van der Waals surface area contributed by atoms with Crippen molar-refractivity contribution in [2.75, 3.05) is 0 Å². The first-order chi connectivity index (χ1) is 7.91. The van der Waals surface area contributed by atoms with Crippen molar-refractivity contribution in [3.8, 4) is 11.5 Å². The van der Waals surface area contributed by atoms with Crippen LogP contribution in [0.5, 0.6) is 0 Å². The van der Waals surface area contributed by atoms with Crippen LogP contribution in [0.3, 0.4) is 0 Å². The fraction of sp³-hybridized carbons (Fsp3) is 0. The van der Waals surface area contributed by atoms with E-state index in [9.17, 15) is 0 Å². The highest BCUT2D eigenvalue weighted by Crippen LogP contribution is 2.13. The molecule has 2 aromatic heterocycles. The van der Waals surface area contributed by atoms with Gasteiger partial charge in [-0.3, -0.25) is 4.98 Å². The van der Waals surface area contributed by atoms with Crippen LogP contribution in [0.4, 0.5) is 0 Å². The van der Waals surface area contributed by atoms with Crippen LogP contribution >= 0.6 is 15.9 Å². The Morgan fingerprint density at radius 2 is 2.33 bits per heavy atom. The third-order valence-corrected chi connectivity index (χ3v) is 1.56. The van der Waals surface area contributed by atoms with Crippen LogP contribution in [0, 0.1) is 0 Å². The van der Waals surface area contributed by atoms with Crippen LogP contribution < -0.4 is 0 Å². The number of hydrogen-bond acceptors (Lipinski definition) is 2. The van der Waals surface area contributed by atoms with Crippen LogP contribution in [-0.2, 0) is 0 Å². The number of aromatic nitrogens is 3. The second-order valence-corrected chi connectivity index (χ2v) is 2.75. The van der Waals surface area contributed by atoms with E-state index in [0.29, 0.717) is 0 Å². The minimum Gasteiger partial charge on any atom is -0.343 e. The smallest absolute Gasteiger partial charge is 0.155 e. The lowest BCUT2D eigenvalue weighted by Gasteiger charge is -1.94. The quantitative estimate of drug-likeness (QED) is 0.814.